The molecule has 0 aliphatic carbocycles. The molecule has 0 N–H and O–H groups in total. The van der Waals surface area contributed by atoms with Gasteiger partial charge in [0, 0.05) is 13.0 Å². The van der Waals surface area contributed by atoms with Gasteiger partial charge in [-0.15, -0.1) is 4.91 Å². The van der Waals surface area contributed by atoms with Gasteiger partial charge in [-0.3, -0.25) is 0 Å². The lowest BCUT2D eigenvalue weighted by Gasteiger charge is -1.90. The lowest BCUT2D eigenvalue weighted by Crippen LogP contribution is -1.96. The molecule has 0 aliphatic heterocycles. The summed E-state index contributed by atoms with van der Waals surface area (Å²) in [5.74, 6) is -0.308. The first-order chi connectivity index (χ1) is 5.16. The van der Waals surface area contributed by atoms with E-state index in [2.05, 4.69) is 5.29 Å². The third kappa shape index (κ3) is 1.09. The zero-order valence-corrected chi connectivity index (χ0v) is 5.72. The van der Waals surface area contributed by atoms with Crippen LogP contribution in [0.25, 0.3) is 0 Å². The molecule has 1 aromatic heterocycles. The van der Waals surface area contributed by atoms with Crippen molar-refractivity contribution in [3.8, 4) is 0 Å². The molecule has 1 rings (SSSR count). The molecule has 6 heteroatoms. The standard InChI is InChI=1S/C5H5N3O3/c1-4-2-3-5(8(10)11)7(4)6-9/h2-3H,1H3. The highest BCUT2D eigenvalue weighted by atomic mass is 16.6. The van der Waals surface area contributed by atoms with E-state index in [1.54, 1.807) is 6.92 Å². The number of hydrogen-bond donors (Lipinski definition) is 0. The maximum Gasteiger partial charge on any atom is 0.351 e. The minimum absolute atomic E-state index is 0.308. The molecule has 6 nitrogen and oxygen atoms in total. The van der Waals surface area contributed by atoms with E-state index in [9.17, 15) is 15.0 Å². The molecule has 0 spiro atoms. The van der Waals surface area contributed by atoms with E-state index in [1.165, 1.54) is 12.1 Å². The predicted molar refractivity (Wildman–Crippen MR) is 37.0 cm³/mol. The Morgan fingerprint density at radius 1 is 1.64 bits per heavy atom. The van der Waals surface area contributed by atoms with Gasteiger partial charge >= 0.3 is 5.82 Å². The Morgan fingerprint density at radius 3 is 2.64 bits per heavy atom. The van der Waals surface area contributed by atoms with Gasteiger partial charge in [-0.2, -0.15) is 0 Å². The Morgan fingerprint density at radius 2 is 2.27 bits per heavy atom. The molecular weight excluding hydrogens is 150 g/mol. The van der Waals surface area contributed by atoms with Crippen LogP contribution in [0, 0.1) is 21.9 Å². The molecule has 0 saturated carbocycles. The van der Waals surface area contributed by atoms with Gasteiger partial charge in [0.25, 0.3) is 0 Å². The highest BCUT2D eigenvalue weighted by molar-refractivity contribution is 5.26. The monoisotopic (exact) mass is 155 g/mol. The van der Waals surface area contributed by atoms with Crippen molar-refractivity contribution >= 4 is 5.82 Å². The second-order valence-electron chi connectivity index (χ2n) is 1.98. The fourth-order valence-corrected chi connectivity index (χ4v) is 0.761. The molecule has 0 saturated heterocycles. The lowest BCUT2D eigenvalue weighted by atomic mass is 10.5. The molecule has 0 radical (unpaired) electrons. The number of aromatic nitrogens is 1. The van der Waals surface area contributed by atoms with Gasteiger partial charge in [-0.05, 0) is 11.0 Å². The van der Waals surface area contributed by atoms with Crippen molar-refractivity contribution in [3.05, 3.63) is 32.8 Å². The van der Waals surface area contributed by atoms with Crippen LogP contribution in [0.5, 0.6) is 0 Å². The van der Waals surface area contributed by atoms with Crippen LogP contribution in [-0.2, 0) is 0 Å². The van der Waals surface area contributed by atoms with E-state index in [4.69, 9.17) is 0 Å². The average Bonchev–Trinajstić information content (AvgIpc) is 2.30. The van der Waals surface area contributed by atoms with Gasteiger partial charge in [-0.25, -0.2) is 0 Å². The van der Waals surface area contributed by atoms with Crippen LogP contribution < -0.4 is 0 Å². The number of nitro groups is 1. The van der Waals surface area contributed by atoms with Gasteiger partial charge in [-0.1, -0.05) is 4.68 Å². The Bertz CT molecular complexity index is 304. The molecule has 0 aromatic carbocycles. The van der Waals surface area contributed by atoms with Gasteiger partial charge < -0.3 is 10.1 Å². The molecule has 0 fully saturated rings. The summed E-state index contributed by atoms with van der Waals surface area (Å²) in [6.07, 6.45) is 0. The summed E-state index contributed by atoms with van der Waals surface area (Å²) in [5, 5.41) is 12.7. The first-order valence-electron chi connectivity index (χ1n) is 2.83. The summed E-state index contributed by atoms with van der Waals surface area (Å²) in [6, 6.07) is 2.69. The molecule has 11 heavy (non-hydrogen) atoms. The summed E-state index contributed by atoms with van der Waals surface area (Å²) >= 11 is 0. The van der Waals surface area contributed by atoms with Gasteiger partial charge in [0.15, 0.2) is 5.29 Å². The third-order valence-electron chi connectivity index (χ3n) is 1.29. The van der Waals surface area contributed by atoms with Crippen molar-refractivity contribution in [2.24, 2.45) is 5.29 Å². The first kappa shape index (κ1) is 7.39. The molecule has 0 atom stereocenters. The number of aryl methyl sites for hydroxylation is 1. The van der Waals surface area contributed by atoms with Crippen LogP contribution in [0.4, 0.5) is 5.82 Å². The molecule has 1 heterocycles. The van der Waals surface area contributed by atoms with Crippen LogP contribution in [0.3, 0.4) is 0 Å². The summed E-state index contributed by atoms with van der Waals surface area (Å²) in [6.45, 7) is 1.56. The van der Waals surface area contributed by atoms with Crippen LogP contribution >= 0.6 is 0 Å². The number of rotatable bonds is 2. The molecule has 0 amide bonds. The highest BCUT2D eigenvalue weighted by Crippen LogP contribution is 2.15. The van der Waals surface area contributed by atoms with E-state index in [-0.39, 0.29) is 5.82 Å². The molecule has 58 valence electrons. The summed E-state index contributed by atoms with van der Waals surface area (Å²) < 4.78 is 0.736. The fourth-order valence-electron chi connectivity index (χ4n) is 0.761. The second-order valence-corrected chi connectivity index (χ2v) is 1.98. The third-order valence-corrected chi connectivity index (χ3v) is 1.29. The van der Waals surface area contributed by atoms with Crippen molar-refractivity contribution in [2.45, 2.75) is 6.92 Å². The van der Waals surface area contributed by atoms with Gasteiger partial charge in [0.1, 0.15) is 5.69 Å². The van der Waals surface area contributed by atoms with Crippen molar-refractivity contribution in [1.29, 1.82) is 0 Å². The quantitative estimate of drug-likeness (QED) is 0.366. The van der Waals surface area contributed by atoms with Crippen molar-refractivity contribution in [1.82, 2.24) is 4.68 Å². The van der Waals surface area contributed by atoms with Crippen LogP contribution in [0.1, 0.15) is 5.69 Å². The van der Waals surface area contributed by atoms with Crippen LogP contribution in [-0.4, -0.2) is 9.60 Å². The Kier molecular flexibility index (Phi) is 1.67. The van der Waals surface area contributed by atoms with Crippen LogP contribution in [0.15, 0.2) is 17.4 Å². The highest BCUT2D eigenvalue weighted by Gasteiger charge is 2.15. The maximum absolute atomic E-state index is 10.2. The summed E-state index contributed by atoms with van der Waals surface area (Å²) in [7, 11) is 0. The topological polar surface area (TPSA) is 77.5 Å². The largest absolute Gasteiger partial charge is 0.358 e. The minimum atomic E-state index is -0.658. The van der Waals surface area contributed by atoms with Gasteiger partial charge in [0.05, 0.1) is 0 Å². The smallest absolute Gasteiger partial charge is 0.351 e. The van der Waals surface area contributed by atoms with E-state index in [0.29, 0.717) is 5.69 Å². The normalized spacial score (nSPS) is 9.55. The first-order valence-corrected chi connectivity index (χ1v) is 2.83. The van der Waals surface area contributed by atoms with Crippen molar-refractivity contribution in [2.75, 3.05) is 0 Å². The zero-order chi connectivity index (χ0) is 8.43. The Hall–Kier alpha value is -1.72. The summed E-state index contributed by atoms with van der Waals surface area (Å²) in [4.78, 5) is 19.5. The number of nitrogens with zero attached hydrogens (tertiary/aromatic N) is 3. The lowest BCUT2D eigenvalue weighted by molar-refractivity contribution is -0.391. The SMILES string of the molecule is Cc1ccc([N+](=O)[O-])n1N=O. The van der Waals surface area contributed by atoms with Crippen LogP contribution in [0.2, 0.25) is 0 Å². The summed E-state index contributed by atoms with van der Waals surface area (Å²) in [5.41, 5.74) is 0.451. The van der Waals surface area contributed by atoms with Gasteiger partial charge in [0.2, 0.25) is 0 Å². The Labute approximate surface area is 61.5 Å². The predicted octanol–water partition coefficient (Wildman–Crippen LogP) is 1.23. The number of nitroso groups, excluding NO2 is 1. The van der Waals surface area contributed by atoms with E-state index in [1.807, 2.05) is 0 Å². The van der Waals surface area contributed by atoms with E-state index < -0.39 is 4.92 Å². The minimum Gasteiger partial charge on any atom is -0.358 e. The van der Waals surface area contributed by atoms with E-state index >= 15 is 0 Å². The number of hydrogen-bond acceptors (Lipinski definition) is 4. The zero-order valence-electron chi connectivity index (χ0n) is 5.72. The average molecular weight is 155 g/mol. The second kappa shape index (κ2) is 2.49. The Balaban J connectivity index is 3.26. The van der Waals surface area contributed by atoms with Crippen molar-refractivity contribution in [3.63, 3.8) is 0 Å². The van der Waals surface area contributed by atoms with E-state index in [0.717, 1.165) is 4.68 Å². The molecule has 0 aliphatic rings. The molecule has 1 aromatic rings. The molecular formula is C5H5N3O3. The fraction of sp³-hybridized carbons (Fsp3) is 0.200. The molecule has 0 unspecified atom stereocenters. The van der Waals surface area contributed by atoms with Crippen molar-refractivity contribution < 1.29 is 4.92 Å². The maximum atomic E-state index is 10.2. The molecule has 0 bridgehead atoms.